The summed E-state index contributed by atoms with van der Waals surface area (Å²) in [7, 11) is 1.96. The topological polar surface area (TPSA) is 83.1 Å². The van der Waals surface area contributed by atoms with E-state index in [4.69, 9.17) is 32.7 Å². The van der Waals surface area contributed by atoms with Crippen LogP contribution in [0.15, 0.2) is 6.07 Å². The molecular formula is C21H31Cl2N3O4. The molecule has 2 aliphatic rings. The molecule has 1 aromatic rings. The monoisotopic (exact) mass is 459 g/mol. The Morgan fingerprint density at radius 2 is 2.03 bits per heavy atom. The van der Waals surface area contributed by atoms with Crippen molar-refractivity contribution in [2.24, 2.45) is 5.92 Å². The van der Waals surface area contributed by atoms with Crippen molar-refractivity contribution in [3.05, 3.63) is 21.7 Å². The van der Waals surface area contributed by atoms with Crippen LogP contribution in [0.1, 0.15) is 36.0 Å². The van der Waals surface area contributed by atoms with Crippen LogP contribution in [0.5, 0.6) is 11.5 Å². The first kappa shape index (κ1) is 23.4. The molecule has 3 rings (SSSR count). The highest BCUT2D eigenvalue weighted by Crippen LogP contribution is 2.44. The summed E-state index contributed by atoms with van der Waals surface area (Å²) in [5.74, 6) is 0.354. The van der Waals surface area contributed by atoms with Gasteiger partial charge in [-0.25, -0.2) is 0 Å². The molecule has 0 saturated carbocycles. The van der Waals surface area contributed by atoms with Gasteiger partial charge < -0.3 is 30.1 Å². The fourth-order valence-corrected chi connectivity index (χ4v) is 4.27. The number of carbonyl (C=O) groups is 1. The molecule has 1 unspecified atom stereocenters. The van der Waals surface area contributed by atoms with E-state index in [2.05, 4.69) is 15.5 Å². The molecule has 1 fully saturated rings. The summed E-state index contributed by atoms with van der Waals surface area (Å²) in [4.78, 5) is 15.2. The van der Waals surface area contributed by atoms with E-state index in [1.54, 1.807) is 0 Å². The number of hydrogen-bond donors (Lipinski definition) is 3. The number of β-amino-alcohol motifs (C(OH)–C–C–N with tert-alkyl or cyclic N) is 1. The summed E-state index contributed by atoms with van der Waals surface area (Å²) in [5, 5.41) is 17.1. The summed E-state index contributed by atoms with van der Waals surface area (Å²) in [6.07, 6.45) is 3.31. The Kier molecular flexibility index (Phi) is 8.89. The summed E-state index contributed by atoms with van der Waals surface area (Å²) in [5.41, 5.74) is 0.303. The molecule has 2 heterocycles. The highest BCUT2D eigenvalue weighted by molar-refractivity contribution is 6.43. The van der Waals surface area contributed by atoms with Gasteiger partial charge in [-0.3, -0.25) is 4.79 Å². The van der Waals surface area contributed by atoms with E-state index in [0.29, 0.717) is 49.8 Å². The SMILES string of the molecule is CNCCCCN1CC[C@@H](CNC(=O)c2cc(Cl)c(Cl)c3c2OCCCO3)C(O)C1. The number of rotatable bonds is 8. The second kappa shape index (κ2) is 11.4. The Morgan fingerprint density at radius 1 is 1.27 bits per heavy atom. The van der Waals surface area contributed by atoms with Gasteiger partial charge in [0.2, 0.25) is 0 Å². The number of halogens is 2. The van der Waals surface area contributed by atoms with Gasteiger partial charge in [0.1, 0.15) is 5.02 Å². The van der Waals surface area contributed by atoms with Crippen LogP contribution in [0, 0.1) is 5.92 Å². The van der Waals surface area contributed by atoms with Crippen LogP contribution >= 0.6 is 23.2 Å². The van der Waals surface area contributed by atoms with Crippen LogP contribution in [-0.2, 0) is 0 Å². The molecule has 1 aromatic carbocycles. The number of hydrogen-bond acceptors (Lipinski definition) is 6. The number of nitrogens with one attached hydrogen (secondary N) is 2. The fourth-order valence-electron chi connectivity index (χ4n) is 3.88. The van der Waals surface area contributed by atoms with Crippen molar-refractivity contribution in [1.82, 2.24) is 15.5 Å². The molecule has 2 atom stereocenters. The molecule has 1 amide bonds. The molecule has 3 N–H and O–H groups in total. The Morgan fingerprint density at radius 3 is 2.77 bits per heavy atom. The van der Waals surface area contributed by atoms with E-state index in [9.17, 15) is 9.90 Å². The zero-order valence-corrected chi connectivity index (χ0v) is 18.9. The minimum absolute atomic E-state index is 0.0149. The van der Waals surface area contributed by atoms with Crippen LogP contribution in [0.2, 0.25) is 10.0 Å². The molecule has 0 aromatic heterocycles. The smallest absolute Gasteiger partial charge is 0.255 e. The first-order valence-corrected chi connectivity index (χ1v) is 11.4. The second-order valence-electron chi connectivity index (χ2n) is 7.87. The predicted molar refractivity (Wildman–Crippen MR) is 118 cm³/mol. The van der Waals surface area contributed by atoms with E-state index >= 15 is 0 Å². The lowest BCUT2D eigenvalue weighted by Crippen LogP contribution is -2.47. The third-order valence-corrected chi connectivity index (χ3v) is 6.41. The van der Waals surface area contributed by atoms with Crippen LogP contribution < -0.4 is 20.1 Å². The number of amides is 1. The summed E-state index contributed by atoms with van der Waals surface area (Å²) in [6.45, 7) is 4.85. The van der Waals surface area contributed by atoms with Gasteiger partial charge >= 0.3 is 0 Å². The number of nitrogens with zero attached hydrogens (tertiary/aromatic N) is 1. The van der Waals surface area contributed by atoms with Gasteiger partial charge in [0.25, 0.3) is 5.91 Å². The minimum Gasteiger partial charge on any atom is -0.489 e. The molecule has 168 valence electrons. The molecule has 0 radical (unpaired) electrons. The van der Waals surface area contributed by atoms with E-state index in [1.807, 2.05) is 7.05 Å². The number of aliphatic hydroxyl groups excluding tert-OH is 1. The van der Waals surface area contributed by atoms with E-state index in [-0.39, 0.29) is 21.9 Å². The number of fused-ring (bicyclic) bond motifs is 1. The van der Waals surface area contributed by atoms with Crippen molar-refractivity contribution in [3.8, 4) is 11.5 Å². The number of ether oxygens (including phenoxy) is 2. The van der Waals surface area contributed by atoms with Crippen molar-refractivity contribution in [1.29, 1.82) is 0 Å². The highest BCUT2D eigenvalue weighted by Gasteiger charge is 2.29. The highest BCUT2D eigenvalue weighted by atomic mass is 35.5. The van der Waals surface area contributed by atoms with Gasteiger partial charge in [-0.05, 0) is 52.0 Å². The van der Waals surface area contributed by atoms with E-state index in [0.717, 1.165) is 38.9 Å². The standard InChI is InChI=1S/C21H31Cl2N3O4/c1-24-6-2-3-7-26-8-5-14(17(27)13-26)12-25-21(28)15-11-16(22)18(23)20-19(15)29-9-4-10-30-20/h11,14,17,24,27H,2-10,12-13H2,1H3,(H,25,28)/t14-,17?/m0/s1. The van der Waals surface area contributed by atoms with Crippen molar-refractivity contribution in [3.63, 3.8) is 0 Å². The summed E-state index contributed by atoms with van der Waals surface area (Å²) < 4.78 is 11.4. The molecular weight excluding hydrogens is 429 g/mol. The van der Waals surface area contributed by atoms with Crippen LogP contribution in [0.25, 0.3) is 0 Å². The maximum absolute atomic E-state index is 12.9. The molecule has 1 saturated heterocycles. The number of likely N-dealkylation sites (tertiary alicyclic amines) is 1. The van der Waals surface area contributed by atoms with Gasteiger partial charge in [0.05, 0.1) is 29.9 Å². The molecule has 0 spiro atoms. The average Bonchev–Trinajstić information content (AvgIpc) is 2.99. The van der Waals surface area contributed by atoms with Crippen LogP contribution in [-0.4, -0.2) is 75.0 Å². The lowest BCUT2D eigenvalue weighted by molar-refractivity contribution is 0.0216. The maximum atomic E-state index is 12.9. The first-order valence-electron chi connectivity index (χ1n) is 10.6. The van der Waals surface area contributed by atoms with Crippen LogP contribution in [0.4, 0.5) is 0 Å². The molecule has 0 aliphatic carbocycles. The molecule has 30 heavy (non-hydrogen) atoms. The van der Waals surface area contributed by atoms with Crippen molar-refractivity contribution in [2.75, 3.05) is 53.0 Å². The molecule has 0 bridgehead atoms. The molecule has 2 aliphatic heterocycles. The van der Waals surface area contributed by atoms with Crippen LogP contribution in [0.3, 0.4) is 0 Å². The van der Waals surface area contributed by atoms with E-state index < -0.39 is 6.10 Å². The molecule has 9 heteroatoms. The number of carbonyl (C=O) groups excluding carboxylic acids is 1. The number of unbranched alkanes of at least 4 members (excludes halogenated alkanes) is 1. The van der Waals surface area contributed by atoms with Crippen molar-refractivity contribution < 1.29 is 19.4 Å². The normalized spacial score (nSPS) is 21.9. The molecule has 7 nitrogen and oxygen atoms in total. The van der Waals surface area contributed by atoms with Gasteiger partial charge in [-0.2, -0.15) is 0 Å². The number of aliphatic hydroxyl groups is 1. The van der Waals surface area contributed by atoms with E-state index in [1.165, 1.54) is 6.07 Å². The number of piperidine rings is 1. The lowest BCUT2D eigenvalue weighted by atomic mass is 9.93. The van der Waals surface area contributed by atoms with Gasteiger partial charge in [-0.1, -0.05) is 23.2 Å². The first-order chi connectivity index (χ1) is 14.5. The maximum Gasteiger partial charge on any atom is 0.255 e. The fraction of sp³-hybridized carbons (Fsp3) is 0.667. The van der Waals surface area contributed by atoms with Gasteiger partial charge in [0, 0.05) is 25.4 Å². The van der Waals surface area contributed by atoms with Gasteiger partial charge in [-0.15, -0.1) is 0 Å². The predicted octanol–water partition coefficient (Wildman–Crippen LogP) is 2.57. The Bertz CT molecular complexity index is 735. The number of benzene rings is 1. The Labute approximate surface area is 188 Å². The van der Waals surface area contributed by atoms with Crippen molar-refractivity contribution in [2.45, 2.75) is 31.8 Å². The summed E-state index contributed by atoms with van der Waals surface area (Å²) in [6, 6.07) is 1.51. The van der Waals surface area contributed by atoms with Gasteiger partial charge in [0.15, 0.2) is 11.5 Å². The quantitative estimate of drug-likeness (QED) is 0.518. The third-order valence-electron chi connectivity index (χ3n) is 5.64. The second-order valence-corrected chi connectivity index (χ2v) is 8.65. The average molecular weight is 460 g/mol. The largest absolute Gasteiger partial charge is 0.489 e. The lowest BCUT2D eigenvalue weighted by Gasteiger charge is -2.36. The zero-order chi connectivity index (χ0) is 21.5. The minimum atomic E-state index is -0.464. The zero-order valence-electron chi connectivity index (χ0n) is 17.4. The van der Waals surface area contributed by atoms with Crippen molar-refractivity contribution >= 4 is 29.1 Å². The Hall–Kier alpha value is -1.25. The Balaban J connectivity index is 1.56. The third kappa shape index (κ3) is 5.92. The summed E-state index contributed by atoms with van der Waals surface area (Å²) >= 11 is 12.4.